The number of carbonyl (C=O) groups is 2. The molecular weight excluding hydrogens is 304 g/mol. The van der Waals surface area contributed by atoms with Crippen molar-refractivity contribution in [3.8, 4) is 0 Å². The van der Waals surface area contributed by atoms with Gasteiger partial charge in [0.05, 0.1) is 0 Å². The van der Waals surface area contributed by atoms with Crippen molar-refractivity contribution in [1.82, 2.24) is 9.80 Å². The van der Waals surface area contributed by atoms with Crippen molar-refractivity contribution >= 4 is 11.9 Å². The summed E-state index contributed by atoms with van der Waals surface area (Å²) in [6.07, 6.45) is 0.821. The minimum atomic E-state index is -0.838. The molecular formula is C19H28N2O3. The lowest BCUT2D eigenvalue weighted by Gasteiger charge is -2.38. The SMILES string of the molecule is Cc1ccc(C(C)N2CCN(C(=O)CCCC(=O)O)CC2)cc1C. The first-order valence-electron chi connectivity index (χ1n) is 8.69. The number of aryl methyl sites for hydroxylation is 2. The van der Waals surface area contributed by atoms with Crippen LogP contribution in [0.25, 0.3) is 0 Å². The monoisotopic (exact) mass is 332 g/mol. The highest BCUT2D eigenvalue weighted by Gasteiger charge is 2.24. The van der Waals surface area contributed by atoms with E-state index in [9.17, 15) is 9.59 Å². The summed E-state index contributed by atoms with van der Waals surface area (Å²) >= 11 is 0. The molecule has 1 amide bonds. The Morgan fingerprint density at radius 2 is 1.75 bits per heavy atom. The highest BCUT2D eigenvalue weighted by molar-refractivity contribution is 5.77. The zero-order valence-electron chi connectivity index (χ0n) is 14.9. The van der Waals surface area contributed by atoms with Crippen LogP contribution in [-0.4, -0.2) is 53.0 Å². The van der Waals surface area contributed by atoms with Crippen molar-refractivity contribution in [3.05, 3.63) is 34.9 Å². The molecule has 5 heteroatoms. The summed E-state index contributed by atoms with van der Waals surface area (Å²) in [5.41, 5.74) is 3.94. The average molecular weight is 332 g/mol. The molecule has 1 atom stereocenters. The van der Waals surface area contributed by atoms with E-state index in [4.69, 9.17) is 5.11 Å². The van der Waals surface area contributed by atoms with Crippen molar-refractivity contribution in [3.63, 3.8) is 0 Å². The number of carboxylic acid groups (broad SMARTS) is 1. The van der Waals surface area contributed by atoms with Crippen LogP contribution in [0, 0.1) is 13.8 Å². The Morgan fingerprint density at radius 3 is 2.33 bits per heavy atom. The standard InChI is InChI=1S/C19H28N2O3/c1-14-7-8-17(13-15(14)2)16(3)20-9-11-21(12-10-20)18(22)5-4-6-19(23)24/h7-8,13,16H,4-6,9-12H2,1-3H3,(H,23,24). The van der Waals surface area contributed by atoms with Crippen LogP contribution in [0.2, 0.25) is 0 Å². The van der Waals surface area contributed by atoms with Crippen LogP contribution in [0.4, 0.5) is 0 Å². The van der Waals surface area contributed by atoms with Crippen LogP contribution in [0.5, 0.6) is 0 Å². The van der Waals surface area contributed by atoms with Gasteiger partial charge >= 0.3 is 5.97 Å². The number of carbonyl (C=O) groups excluding carboxylic acids is 1. The topological polar surface area (TPSA) is 60.9 Å². The third kappa shape index (κ3) is 4.81. The molecule has 1 saturated heterocycles. The second-order valence-corrected chi connectivity index (χ2v) is 6.68. The van der Waals surface area contributed by atoms with E-state index < -0.39 is 5.97 Å². The predicted molar refractivity (Wildman–Crippen MR) is 94.0 cm³/mol. The molecule has 0 aliphatic carbocycles. The predicted octanol–water partition coefficient (Wildman–Crippen LogP) is 2.76. The van der Waals surface area contributed by atoms with Crippen LogP contribution >= 0.6 is 0 Å². The van der Waals surface area contributed by atoms with Crippen molar-refractivity contribution in [1.29, 1.82) is 0 Å². The molecule has 132 valence electrons. The van der Waals surface area contributed by atoms with Gasteiger partial charge in [-0.3, -0.25) is 14.5 Å². The van der Waals surface area contributed by atoms with Crippen molar-refractivity contribution in [2.75, 3.05) is 26.2 Å². The molecule has 0 spiro atoms. The fourth-order valence-electron chi connectivity index (χ4n) is 3.14. The lowest BCUT2D eigenvalue weighted by molar-refractivity contribution is -0.137. The van der Waals surface area contributed by atoms with E-state index >= 15 is 0 Å². The zero-order valence-corrected chi connectivity index (χ0v) is 14.9. The average Bonchev–Trinajstić information content (AvgIpc) is 2.56. The summed E-state index contributed by atoms with van der Waals surface area (Å²) in [6, 6.07) is 6.96. The second-order valence-electron chi connectivity index (χ2n) is 6.68. The third-order valence-electron chi connectivity index (χ3n) is 5.01. The highest BCUT2D eigenvalue weighted by atomic mass is 16.4. The molecule has 0 bridgehead atoms. The van der Waals surface area contributed by atoms with E-state index in [1.807, 2.05) is 4.90 Å². The fourth-order valence-corrected chi connectivity index (χ4v) is 3.14. The molecule has 1 unspecified atom stereocenters. The molecule has 1 aliphatic heterocycles. The Balaban J connectivity index is 1.84. The minimum Gasteiger partial charge on any atom is -0.481 e. The van der Waals surface area contributed by atoms with E-state index in [-0.39, 0.29) is 12.3 Å². The van der Waals surface area contributed by atoms with Gasteiger partial charge in [0.2, 0.25) is 5.91 Å². The summed E-state index contributed by atoms with van der Waals surface area (Å²) < 4.78 is 0. The number of aliphatic carboxylic acids is 1. The Labute approximate surface area is 144 Å². The molecule has 1 N–H and O–H groups in total. The lowest BCUT2D eigenvalue weighted by Crippen LogP contribution is -2.49. The van der Waals surface area contributed by atoms with Crippen LogP contribution in [-0.2, 0) is 9.59 Å². The zero-order chi connectivity index (χ0) is 17.7. The third-order valence-corrected chi connectivity index (χ3v) is 5.01. The van der Waals surface area contributed by atoms with Gasteiger partial charge in [-0.05, 0) is 43.9 Å². The number of hydrogen-bond acceptors (Lipinski definition) is 3. The normalized spacial score (nSPS) is 16.9. The fraction of sp³-hybridized carbons (Fsp3) is 0.579. The maximum Gasteiger partial charge on any atom is 0.303 e. The first-order valence-corrected chi connectivity index (χ1v) is 8.69. The van der Waals surface area contributed by atoms with Gasteiger partial charge in [-0.1, -0.05) is 18.2 Å². The molecule has 0 radical (unpaired) electrons. The van der Waals surface area contributed by atoms with Gasteiger partial charge in [-0.25, -0.2) is 0 Å². The maximum absolute atomic E-state index is 12.1. The molecule has 24 heavy (non-hydrogen) atoms. The van der Waals surface area contributed by atoms with Gasteiger partial charge in [0.1, 0.15) is 0 Å². The first-order chi connectivity index (χ1) is 11.4. The van der Waals surface area contributed by atoms with Gasteiger partial charge in [-0.2, -0.15) is 0 Å². The molecule has 1 aliphatic rings. The van der Waals surface area contributed by atoms with Gasteiger partial charge in [0.25, 0.3) is 0 Å². The van der Waals surface area contributed by atoms with Gasteiger partial charge in [0.15, 0.2) is 0 Å². The van der Waals surface area contributed by atoms with Gasteiger partial charge in [0, 0.05) is 45.1 Å². The molecule has 0 saturated carbocycles. The molecule has 2 rings (SSSR count). The van der Waals surface area contributed by atoms with Crippen molar-refractivity contribution < 1.29 is 14.7 Å². The minimum absolute atomic E-state index is 0.0650. The van der Waals surface area contributed by atoms with Crippen LogP contribution in [0.3, 0.4) is 0 Å². The number of carboxylic acids is 1. The number of rotatable bonds is 6. The highest BCUT2D eigenvalue weighted by Crippen LogP contribution is 2.23. The largest absolute Gasteiger partial charge is 0.481 e. The summed E-state index contributed by atoms with van der Waals surface area (Å²) in [7, 11) is 0. The molecule has 1 heterocycles. The number of piperazine rings is 1. The Morgan fingerprint density at radius 1 is 1.08 bits per heavy atom. The quantitative estimate of drug-likeness (QED) is 0.870. The second kappa shape index (κ2) is 8.29. The summed E-state index contributed by atoms with van der Waals surface area (Å²) in [5, 5.41) is 8.65. The molecule has 5 nitrogen and oxygen atoms in total. The molecule has 1 fully saturated rings. The summed E-state index contributed by atoms with van der Waals surface area (Å²) in [4.78, 5) is 26.9. The first kappa shape index (κ1) is 18.5. The van der Waals surface area contributed by atoms with E-state index in [1.165, 1.54) is 16.7 Å². The smallest absolute Gasteiger partial charge is 0.303 e. The van der Waals surface area contributed by atoms with Gasteiger partial charge < -0.3 is 10.0 Å². The summed E-state index contributed by atoms with van der Waals surface area (Å²) in [5.74, 6) is -0.760. The maximum atomic E-state index is 12.1. The number of benzene rings is 1. The molecule has 1 aromatic carbocycles. The van der Waals surface area contributed by atoms with E-state index in [2.05, 4.69) is 43.9 Å². The van der Waals surface area contributed by atoms with Crippen molar-refractivity contribution in [2.45, 2.75) is 46.1 Å². The van der Waals surface area contributed by atoms with Crippen LogP contribution in [0.1, 0.15) is 48.9 Å². The number of nitrogens with zero attached hydrogens (tertiary/aromatic N) is 2. The Bertz CT molecular complexity index is 592. The van der Waals surface area contributed by atoms with E-state index in [0.29, 0.717) is 18.9 Å². The van der Waals surface area contributed by atoms with Gasteiger partial charge in [-0.15, -0.1) is 0 Å². The number of hydrogen-bond donors (Lipinski definition) is 1. The van der Waals surface area contributed by atoms with E-state index in [1.54, 1.807) is 0 Å². The Kier molecular flexibility index (Phi) is 6.37. The number of amides is 1. The molecule has 1 aromatic rings. The van der Waals surface area contributed by atoms with E-state index in [0.717, 1.165) is 26.2 Å². The lowest BCUT2D eigenvalue weighted by atomic mass is 10.0. The molecule has 0 aromatic heterocycles. The summed E-state index contributed by atoms with van der Waals surface area (Å²) in [6.45, 7) is 9.64. The van der Waals surface area contributed by atoms with Crippen LogP contribution in [0.15, 0.2) is 18.2 Å². The van der Waals surface area contributed by atoms with Crippen molar-refractivity contribution in [2.24, 2.45) is 0 Å². The Hall–Kier alpha value is -1.88. The van der Waals surface area contributed by atoms with Crippen LogP contribution < -0.4 is 0 Å².